The summed E-state index contributed by atoms with van der Waals surface area (Å²) in [6.07, 6.45) is 6.57. The van der Waals surface area contributed by atoms with Gasteiger partial charge >= 0.3 is 5.97 Å². The molecule has 4 fully saturated rings. The van der Waals surface area contributed by atoms with E-state index in [0.717, 1.165) is 19.3 Å². The number of benzene rings is 1. The second-order valence-electron chi connectivity index (χ2n) is 7.69. The van der Waals surface area contributed by atoms with E-state index in [2.05, 4.69) is 5.32 Å². The smallest absolute Gasteiger partial charge is 0.335 e. The molecule has 5 rings (SSSR count). The summed E-state index contributed by atoms with van der Waals surface area (Å²) in [7, 11) is 0. The van der Waals surface area contributed by atoms with Gasteiger partial charge in [0.25, 0.3) is 0 Å². The molecule has 1 aromatic carbocycles. The van der Waals surface area contributed by atoms with Crippen LogP contribution in [0.4, 0.5) is 5.69 Å². The fourth-order valence-electron chi connectivity index (χ4n) is 5.41. The van der Waals surface area contributed by atoms with Crippen molar-refractivity contribution in [2.45, 2.75) is 38.5 Å². The Morgan fingerprint density at radius 3 is 2.13 bits per heavy atom. The Morgan fingerprint density at radius 1 is 1.04 bits per heavy atom. The van der Waals surface area contributed by atoms with Crippen LogP contribution in [0.25, 0.3) is 0 Å². The van der Waals surface area contributed by atoms with E-state index in [1.165, 1.54) is 37.5 Å². The molecule has 0 unspecified atom stereocenters. The molecular formula is C18H21NO4. The number of nitrogens with one attached hydrogen (secondary N) is 1. The number of hydrogen-bond donors (Lipinski definition) is 3. The normalized spacial score (nSPS) is 34.3. The summed E-state index contributed by atoms with van der Waals surface area (Å²) in [6, 6.07) is 3.98. The number of carbonyl (C=O) groups excluding carboxylic acids is 1. The number of phenolic OH excluding ortho intramolecular Hbond substituents is 1. The van der Waals surface area contributed by atoms with E-state index in [0.29, 0.717) is 17.8 Å². The first kappa shape index (κ1) is 14.5. The Labute approximate surface area is 134 Å². The van der Waals surface area contributed by atoms with Crippen molar-refractivity contribution in [2.24, 2.45) is 23.2 Å². The highest BCUT2D eigenvalue weighted by Crippen LogP contribution is 2.60. The Hall–Kier alpha value is -2.04. The van der Waals surface area contributed by atoms with Crippen LogP contribution in [0.3, 0.4) is 0 Å². The molecule has 0 radical (unpaired) electrons. The average molecular weight is 315 g/mol. The molecule has 0 saturated heterocycles. The number of carboxylic acid groups (broad SMARTS) is 1. The molecule has 0 spiro atoms. The quantitative estimate of drug-likeness (QED) is 0.747. The lowest BCUT2D eigenvalue weighted by atomic mass is 9.49. The number of carbonyl (C=O) groups is 2. The molecule has 4 bridgehead atoms. The summed E-state index contributed by atoms with van der Waals surface area (Å²) in [5, 5.41) is 21.8. The number of aromatic carboxylic acids is 1. The summed E-state index contributed by atoms with van der Waals surface area (Å²) in [5.74, 6) is 0.765. The van der Waals surface area contributed by atoms with Crippen molar-refractivity contribution in [1.82, 2.24) is 0 Å². The van der Waals surface area contributed by atoms with Crippen LogP contribution in [0.5, 0.6) is 5.75 Å². The number of hydrogen-bond acceptors (Lipinski definition) is 3. The third-order valence-corrected chi connectivity index (χ3v) is 6.01. The predicted octanol–water partition coefficient (Wildman–Crippen LogP) is 3.25. The number of rotatable bonds is 3. The Bertz CT molecular complexity index is 646. The molecule has 5 nitrogen and oxygen atoms in total. The van der Waals surface area contributed by atoms with Crippen LogP contribution in [0.15, 0.2) is 18.2 Å². The molecule has 4 saturated carbocycles. The Kier molecular flexibility index (Phi) is 3.15. The van der Waals surface area contributed by atoms with Gasteiger partial charge in [0.15, 0.2) is 0 Å². The van der Waals surface area contributed by atoms with E-state index in [1.807, 2.05) is 0 Å². The van der Waals surface area contributed by atoms with E-state index < -0.39 is 5.97 Å². The number of carboxylic acids is 1. The number of amides is 1. The van der Waals surface area contributed by atoms with Gasteiger partial charge in [0.1, 0.15) is 5.75 Å². The van der Waals surface area contributed by atoms with Gasteiger partial charge in [-0.15, -0.1) is 0 Å². The fourth-order valence-corrected chi connectivity index (χ4v) is 5.41. The highest BCUT2D eigenvalue weighted by Gasteiger charge is 2.54. The predicted molar refractivity (Wildman–Crippen MR) is 84.3 cm³/mol. The van der Waals surface area contributed by atoms with Crippen LogP contribution in [-0.4, -0.2) is 22.1 Å². The van der Waals surface area contributed by atoms with Gasteiger partial charge in [-0.3, -0.25) is 4.79 Å². The third kappa shape index (κ3) is 2.38. The molecule has 1 aromatic rings. The molecule has 0 aliphatic heterocycles. The lowest BCUT2D eigenvalue weighted by molar-refractivity contribution is -0.140. The molecular weight excluding hydrogens is 294 g/mol. The first-order chi connectivity index (χ1) is 10.9. The number of anilines is 1. The Balaban J connectivity index is 1.59. The molecule has 3 N–H and O–H groups in total. The minimum absolute atomic E-state index is 0.0468. The Morgan fingerprint density at radius 2 is 1.61 bits per heavy atom. The van der Waals surface area contributed by atoms with Gasteiger partial charge in [-0.25, -0.2) is 4.79 Å². The molecule has 4 aliphatic rings. The summed E-state index contributed by atoms with van der Waals surface area (Å²) in [5.41, 5.74) is -0.0605. The average Bonchev–Trinajstić information content (AvgIpc) is 2.47. The van der Waals surface area contributed by atoms with Crippen molar-refractivity contribution in [3.63, 3.8) is 0 Å². The maximum atomic E-state index is 12.9. The standard InChI is InChI=1S/C18H21NO4/c20-15-2-1-13(16(21)22)6-14(15)19-17(23)18-7-10-3-11(8-18)5-12(4-10)9-18/h1-2,6,10-12,20H,3-5,7-9H2,(H,19,23)(H,21,22). The van der Waals surface area contributed by atoms with Crippen LogP contribution in [-0.2, 0) is 4.79 Å². The fraction of sp³-hybridized carbons (Fsp3) is 0.556. The zero-order chi connectivity index (χ0) is 16.2. The van der Waals surface area contributed by atoms with Crippen LogP contribution in [0, 0.1) is 23.2 Å². The summed E-state index contributed by atoms with van der Waals surface area (Å²) < 4.78 is 0. The number of aromatic hydroxyl groups is 1. The molecule has 122 valence electrons. The maximum Gasteiger partial charge on any atom is 0.335 e. The highest BCUT2D eigenvalue weighted by molar-refractivity contribution is 5.98. The van der Waals surface area contributed by atoms with Gasteiger partial charge < -0.3 is 15.5 Å². The molecule has 5 heteroatoms. The van der Waals surface area contributed by atoms with Crippen LogP contribution in [0.2, 0.25) is 0 Å². The second-order valence-corrected chi connectivity index (χ2v) is 7.69. The van der Waals surface area contributed by atoms with Crippen molar-refractivity contribution in [2.75, 3.05) is 5.32 Å². The van der Waals surface area contributed by atoms with Gasteiger partial charge in [0.05, 0.1) is 16.7 Å². The zero-order valence-corrected chi connectivity index (χ0v) is 12.9. The minimum atomic E-state index is -1.07. The first-order valence-electron chi connectivity index (χ1n) is 8.33. The minimum Gasteiger partial charge on any atom is -0.506 e. The summed E-state index contributed by atoms with van der Waals surface area (Å²) in [6.45, 7) is 0. The van der Waals surface area contributed by atoms with Crippen molar-refractivity contribution in [3.05, 3.63) is 23.8 Å². The van der Waals surface area contributed by atoms with Crippen LogP contribution in [0.1, 0.15) is 48.9 Å². The van der Waals surface area contributed by atoms with Gasteiger partial charge in [-0.2, -0.15) is 0 Å². The molecule has 0 heterocycles. The van der Waals surface area contributed by atoms with Gasteiger partial charge in [-0.1, -0.05) is 0 Å². The van der Waals surface area contributed by atoms with Gasteiger partial charge in [0, 0.05) is 0 Å². The van der Waals surface area contributed by atoms with E-state index in [9.17, 15) is 14.7 Å². The second kappa shape index (κ2) is 4.98. The molecule has 0 aromatic heterocycles. The van der Waals surface area contributed by atoms with Crippen LogP contribution >= 0.6 is 0 Å². The molecule has 1 amide bonds. The lowest BCUT2D eigenvalue weighted by Crippen LogP contribution is -2.51. The van der Waals surface area contributed by atoms with E-state index in [1.54, 1.807) is 0 Å². The van der Waals surface area contributed by atoms with Crippen molar-refractivity contribution >= 4 is 17.6 Å². The van der Waals surface area contributed by atoms with Gasteiger partial charge in [0.2, 0.25) is 5.91 Å². The maximum absolute atomic E-state index is 12.9. The monoisotopic (exact) mass is 315 g/mol. The molecule has 23 heavy (non-hydrogen) atoms. The summed E-state index contributed by atoms with van der Waals surface area (Å²) in [4.78, 5) is 24.0. The van der Waals surface area contributed by atoms with Crippen molar-refractivity contribution in [1.29, 1.82) is 0 Å². The largest absolute Gasteiger partial charge is 0.506 e. The van der Waals surface area contributed by atoms with Crippen LogP contribution < -0.4 is 5.32 Å². The molecule has 4 aliphatic carbocycles. The molecule has 0 atom stereocenters. The van der Waals surface area contributed by atoms with E-state index in [-0.39, 0.29) is 28.3 Å². The van der Waals surface area contributed by atoms with Gasteiger partial charge in [-0.05, 0) is 74.5 Å². The SMILES string of the molecule is O=C(O)c1ccc(O)c(NC(=O)C23CC4CC(CC(C4)C2)C3)c1. The third-order valence-electron chi connectivity index (χ3n) is 6.01. The lowest BCUT2D eigenvalue weighted by Gasteiger charge is -2.55. The highest BCUT2D eigenvalue weighted by atomic mass is 16.4. The first-order valence-corrected chi connectivity index (χ1v) is 8.33. The van der Waals surface area contributed by atoms with E-state index >= 15 is 0 Å². The topological polar surface area (TPSA) is 86.6 Å². The number of phenols is 1. The van der Waals surface area contributed by atoms with E-state index in [4.69, 9.17) is 5.11 Å². The van der Waals surface area contributed by atoms with Crippen molar-refractivity contribution in [3.8, 4) is 5.75 Å². The zero-order valence-electron chi connectivity index (χ0n) is 12.9. The summed E-state index contributed by atoms with van der Waals surface area (Å²) >= 11 is 0. The van der Waals surface area contributed by atoms with Crippen molar-refractivity contribution < 1.29 is 19.8 Å².